The highest BCUT2D eigenvalue weighted by molar-refractivity contribution is 6.30. The Balaban J connectivity index is 1.34. The molecule has 3 rings (SSSR count). The number of rotatable bonds is 8. The number of amides is 2. The van der Waals surface area contributed by atoms with E-state index in [-0.39, 0.29) is 30.5 Å². The van der Waals surface area contributed by atoms with Crippen LogP contribution < -0.4 is 20.1 Å². The van der Waals surface area contributed by atoms with Crippen molar-refractivity contribution in [1.29, 1.82) is 0 Å². The van der Waals surface area contributed by atoms with Crippen LogP contribution in [-0.2, 0) is 9.59 Å². The zero-order valence-electron chi connectivity index (χ0n) is 17.3. The van der Waals surface area contributed by atoms with Crippen LogP contribution >= 0.6 is 23.2 Å². The molecule has 0 bridgehead atoms. The highest BCUT2D eigenvalue weighted by Crippen LogP contribution is 2.20. The summed E-state index contributed by atoms with van der Waals surface area (Å²) in [5.74, 6) is 0.881. The molecule has 0 aromatic heterocycles. The summed E-state index contributed by atoms with van der Waals surface area (Å²) in [5, 5.41) is 7.27. The molecule has 2 aromatic rings. The van der Waals surface area contributed by atoms with Crippen LogP contribution in [0.5, 0.6) is 11.5 Å². The van der Waals surface area contributed by atoms with Gasteiger partial charge in [-0.05, 0) is 81.1 Å². The van der Waals surface area contributed by atoms with E-state index < -0.39 is 6.10 Å². The molecule has 8 heteroatoms. The molecular formula is C23H26Cl2N2O4. The second kappa shape index (κ2) is 11.3. The van der Waals surface area contributed by atoms with Gasteiger partial charge in [-0.3, -0.25) is 9.59 Å². The molecule has 31 heavy (non-hydrogen) atoms. The van der Waals surface area contributed by atoms with Gasteiger partial charge in [-0.25, -0.2) is 0 Å². The zero-order chi connectivity index (χ0) is 22.2. The largest absolute Gasteiger partial charge is 0.484 e. The molecule has 166 valence electrons. The molecule has 1 atom stereocenters. The molecule has 2 aromatic carbocycles. The average Bonchev–Trinajstić information content (AvgIpc) is 2.76. The van der Waals surface area contributed by atoms with Crippen molar-refractivity contribution in [2.45, 2.75) is 50.8 Å². The van der Waals surface area contributed by atoms with Gasteiger partial charge in [0.15, 0.2) is 12.7 Å². The van der Waals surface area contributed by atoms with Crippen molar-refractivity contribution in [3.05, 3.63) is 58.6 Å². The monoisotopic (exact) mass is 464 g/mol. The minimum absolute atomic E-state index is 0.0438. The summed E-state index contributed by atoms with van der Waals surface area (Å²) in [7, 11) is 0. The first kappa shape index (κ1) is 23.2. The van der Waals surface area contributed by atoms with Crippen LogP contribution in [0.15, 0.2) is 48.5 Å². The Morgan fingerprint density at radius 1 is 0.871 bits per heavy atom. The minimum atomic E-state index is -0.608. The maximum Gasteiger partial charge on any atom is 0.260 e. The highest BCUT2D eigenvalue weighted by atomic mass is 35.5. The fourth-order valence-electron chi connectivity index (χ4n) is 3.42. The Hall–Kier alpha value is -2.44. The van der Waals surface area contributed by atoms with Crippen LogP contribution in [0.4, 0.5) is 0 Å². The third-order valence-electron chi connectivity index (χ3n) is 5.12. The summed E-state index contributed by atoms with van der Waals surface area (Å²) < 4.78 is 11.1. The smallest absolute Gasteiger partial charge is 0.260 e. The first-order chi connectivity index (χ1) is 14.9. The second-order valence-corrected chi connectivity index (χ2v) is 8.45. The van der Waals surface area contributed by atoms with Crippen molar-refractivity contribution >= 4 is 35.0 Å². The Morgan fingerprint density at radius 2 is 1.35 bits per heavy atom. The average molecular weight is 465 g/mol. The molecule has 0 spiro atoms. The van der Waals surface area contributed by atoms with E-state index in [4.69, 9.17) is 32.7 Å². The van der Waals surface area contributed by atoms with E-state index in [0.29, 0.717) is 21.5 Å². The van der Waals surface area contributed by atoms with Gasteiger partial charge in [-0.1, -0.05) is 23.2 Å². The van der Waals surface area contributed by atoms with E-state index in [9.17, 15) is 9.59 Å². The molecule has 0 heterocycles. The SMILES string of the molecule is CC(Oc1ccc(Cl)cc1)C(=O)N[C@H]1CC[C@H](NC(=O)COc2ccc(Cl)cc2)CC1. The van der Waals surface area contributed by atoms with Gasteiger partial charge in [0.2, 0.25) is 0 Å². The van der Waals surface area contributed by atoms with E-state index in [0.717, 1.165) is 25.7 Å². The molecule has 0 aliphatic heterocycles. The topological polar surface area (TPSA) is 76.7 Å². The van der Waals surface area contributed by atoms with Crippen LogP contribution in [0, 0.1) is 0 Å². The van der Waals surface area contributed by atoms with Crippen LogP contribution in [0.25, 0.3) is 0 Å². The molecule has 1 fully saturated rings. The number of nitrogens with one attached hydrogen (secondary N) is 2. The van der Waals surface area contributed by atoms with Crippen LogP contribution in [-0.4, -0.2) is 36.6 Å². The summed E-state index contributed by atoms with van der Waals surface area (Å²) in [6.07, 6.45) is 2.57. The van der Waals surface area contributed by atoms with E-state index in [1.807, 2.05) is 0 Å². The highest BCUT2D eigenvalue weighted by Gasteiger charge is 2.25. The molecule has 2 amide bonds. The predicted octanol–water partition coefficient (Wildman–Crippen LogP) is 4.38. The molecule has 1 unspecified atom stereocenters. The van der Waals surface area contributed by atoms with Gasteiger partial charge in [-0.15, -0.1) is 0 Å². The van der Waals surface area contributed by atoms with E-state index in [1.165, 1.54) is 0 Å². The predicted molar refractivity (Wildman–Crippen MR) is 121 cm³/mol. The lowest BCUT2D eigenvalue weighted by atomic mass is 9.91. The lowest BCUT2D eigenvalue weighted by molar-refractivity contribution is -0.128. The summed E-state index contributed by atoms with van der Waals surface area (Å²) in [6.45, 7) is 1.67. The van der Waals surface area contributed by atoms with Gasteiger partial charge in [0, 0.05) is 22.1 Å². The molecule has 0 saturated heterocycles. The molecule has 6 nitrogen and oxygen atoms in total. The third kappa shape index (κ3) is 7.64. The van der Waals surface area contributed by atoms with Crippen LogP contribution in [0.1, 0.15) is 32.6 Å². The van der Waals surface area contributed by atoms with Crippen molar-refractivity contribution in [2.75, 3.05) is 6.61 Å². The van der Waals surface area contributed by atoms with Gasteiger partial charge in [-0.2, -0.15) is 0 Å². The summed E-state index contributed by atoms with van der Waals surface area (Å²) >= 11 is 11.7. The molecule has 1 aliphatic carbocycles. The first-order valence-electron chi connectivity index (χ1n) is 10.3. The number of halogens is 2. The zero-order valence-corrected chi connectivity index (χ0v) is 18.8. The third-order valence-corrected chi connectivity index (χ3v) is 5.62. The number of carbonyl (C=O) groups is 2. The van der Waals surface area contributed by atoms with E-state index >= 15 is 0 Å². The standard InChI is InChI=1S/C23H26Cl2N2O4/c1-15(31-21-12-4-17(25)5-13-21)23(29)27-19-8-6-18(7-9-19)26-22(28)14-30-20-10-2-16(24)3-11-20/h2-5,10-13,15,18-19H,6-9,14H2,1H3,(H,26,28)(H,27,29)/t15?,18-,19-. The Labute approximate surface area is 192 Å². The van der Waals surface area contributed by atoms with Gasteiger partial charge in [0.25, 0.3) is 11.8 Å². The number of ether oxygens (including phenoxy) is 2. The Morgan fingerprint density at radius 3 is 1.90 bits per heavy atom. The van der Waals surface area contributed by atoms with Gasteiger partial charge < -0.3 is 20.1 Å². The van der Waals surface area contributed by atoms with Crippen LogP contribution in [0.3, 0.4) is 0 Å². The maximum atomic E-state index is 12.4. The van der Waals surface area contributed by atoms with Crippen molar-refractivity contribution < 1.29 is 19.1 Å². The minimum Gasteiger partial charge on any atom is -0.484 e. The number of benzene rings is 2. The summed E-state index contributed by atoms with van der Waals surface area (Å²) in [4.78, 5) is 24.6. The lowest BCUT2D eigenvalue weighted by Gasteiger charge is -2.30. The van der Waals surface area contributed by atoms with Gasteiger partial charge >= 0.3 is 0 Å². The Kier molecular flexibility index (Phi) is 8.43. The van der Waals surface area contributed by atoms with E-state index in [1.54, 1.807) is 55.5 Å². The fraction of sp³-hybridized carbons (Fsp3) is 0.391. The summed E-state index contributed by atoms with van der Waals surface area (Å²) in [6, 6.07) is 13.9. The number of carbonyl (C=O) groups excluding carboxylic acids is 2. The fourth-order valence-corrected chi connectivity index (χ4v) is 3.67. The normalized spacial score (nSPS) is 19.2. The Bertz CT molecular complexity index is 866. The quantitative estimate of drug-likeness (QED) is 0.607. The van der Waals surface area contributed by atoms with Crippen molar-refractivity contribution in [1.82, 2.24) is 10.6 Å². The van der Waals surface area contributed by atoms with E-state index in [2.05, 4.69) is 10.6 Å². The molecule has 1 saturated carbocycles. The number of hydrogen-bond donors (Lipinski definition) is 2. The molecule has 2 N–H and O–H groups in total. The van der Waals surface area contributed by atoms with Crippen molar-refractivity contribution in [3.63, 3.8) is 0 Å². The molecular weight excluding hydrogens is 439 g/mol. The van der Waals surface area contributed by atoms with Gasteiger partial charge in [0.1, 0.15) is 11.5 Å². The second-order valence-electron chi connectivity index (χ2n) is 7.58. The molecule has 0 radical (unpaired) electrons. The van der Waals surface area contributed by atoms with Crippen molar-refractivity contribution in [2.24, 2.45) is 0 Å². The molecule has 1 aliphatic rings. The van der Waals surface area contributed by atoms with Crippen LogP contribution in [0.2, 0.25) is 10.0 Å². The van der Waals surface area contributed by atoms with Crippen molar-refractivity contribution in [3.8, 4) is 11.5 Å². The lowest BCUT2D eigenvalue weighted by Crippen LogP contribution is -2.47. The maximum absolute atomic E-state index is 12.4. The van der Waals surface area contributed by atoms with Gasteiger partial charge in [0.05, 0.1) is 0 Å². The first-order valence-corrected chi connectivity index (χ1v) is 11.0. The summed E-state index contributed by atoms with van der Waals surface area (Å²) in [5.41, 5.74) is 0. The number of hydrogen-bond acceptors (Lipinski definition) is 4.